The molecule has 176 valence electrons. The minimum atomic E-state index is -4.53. The number of carbonyl (C=O) groups excluding carboxylic acids is 1. The Balaban J connectivity index is 1.59. The second-order valence-electron chi connectivity index (χ2n) is 7.29. The summed E-state index contributed by atoms with van der Waals surface area (Å²) in [5.74, 6) is -1.15. The van der Waals surface area contributed by atoms with Crippen LogP contribution in [-0.4, -0.2) is 21.4 Å². The van der Waals surface area contributed by atoms with E-state index in [-0.39, 0.29) is 15.5 Å². The van der Waals surface area contributed by atoms with E-state index >= 15 is 0 Å². The number of hydrogen-bond donors (Lipinski definition) is 1. The number of alkyl halides is 3. The lowest BCUT2D eigenvalue weighted by Crippen LogP contribution is -2.26. The molecule has 0 aliphatic carbocycles. The van der Waals surface area contributed by atoms with Crippen molar-refractivity contribution in [2.75, 3.05) is 16.7 Å². The van der Waals surface area contributed by atoms with Crippen molar-refractivity contribution >= 4 is 48.7 Å². The third kappa shape index (κ3) is 4.75. The van der Waals surface area contributed by atoms with Crippen LogP contribution in [-0.2, 0) is 16.2 Å². The number of halogens is 4. The van der Waals surface area contributed by atoms with Crippen molar-refractivity contribution in [1.82, 2.24) is 0 Å². The Labute approximate surface area is 196 Å². The number of benzene rings is 3. The molecule has 0 fully saturated rings. The van der Waals surface area contributed by atoms with E-state index in [1.165, 1.54) is 37.4 Å². The maximum atomic E-state index is 13.2. The third-order valence-corrected chi connectivity index (χ3v) is 7.92. The summed E-state index contributed by atoms with van der Waals surface area (Å²) in [7, 11) is -2.59. The lowest BCUT2D eigenvalue weighted by molar-refractivity contribution is -0.137. The molecule has 4 aromatic rings. The molecule has 0 saturated carbocycles. The summed E-state index contributed by atoms with van der Waals surface area (Å²) >= 11 is 1.12. The van der Waals surface area contributed by atoms with Gasteiger partial charge in [0.2, 0.25) is 0 Å². The number of rotatable bonds is 5. The standard InChI is InChI=1S/C23H16F4N2O3S2/c1-29(34(31,32)19-8-5-16(24)6-9-19)18-7-10-20-14(11-18)12-21(33-20)22(30)28-17-4-2-3-15(13-17)23(25,26)27/h2-13H,1H3,(H,28,30). The lowest BCUT2D eigenvalue weighted by Gasteiger charge is -2.19. The molecule has 1 amide bonds. The molecular formula is C23H16F4N2O3S2. The minimum Gasteiger partial charge on any atom is -0.321 e. The normalized spacial score (nSPS) is 12.0. The van der Waals surface area contributed by atoms with E-state index < -0.39 is 33.5 Å². The van der Waals surface area contributed by atoms with Crippen LogP contribution in [0.2, 0.25) is 0 Å². The smallest absolute Gasteiger partial charge is 0.321 e. The van der Waals surface area contributed by atoms with Gasteiger partial charge in [-0.3, -0.25) is 9.10 Å². The van der Waals surface area contributed by atoms with Crippen LogP contribution >= 0.6 is 11.3 Å². The second kappa shape index (κ2) is 8.73. The van der Waals surface area contributed by atoms with Crippen molar-refractivity contribution in [3.8, 4) is 0 Å². The molecule has 0 unspecified atom stereocenters. The van der Waals surface area contributed by atoms with Gasteiger partial charge in [0.05, 0.1) is 21.0 Å². The molecule has 0 spiro atoms. The Bertz CT molecular complexity index is 1480. The van der Waals surface area contributed by atoms with Crippen LogP contribution in [0.5, 0.6) is 0 Å². The fourth-order valence-electron chi connectivity index (χ4n) is 3.21. The van der Waals surface area contributed by atoms with E-state index in [1.54, 1.807) is 18.2 Å². The van der Waals surface area contributed by atoms with Gasteiger partial charge in [0, 0.05) is 17.4 Å². The first-order chi connectivity index (χ1) is 15.9. The number of carbonyl (C=O) groups is 1. The zero-order chi connectivity index (χ0) is 24.7. The molecule has 0 aliphatic heterocycles. The van der Waals surface area contributed by atoms with Gasteiger partial charge in [-0.25, -0.2) is 12.8 Å². The van der Waals surface area contributed by atoms with Crippen LogP contribution in [0.25, 0.3) is 10.1 Å². The number of amides is 1. The number of nitrogens with one attached hydrogen (secondary N) is 1. The van der Waals surface area contributed by atoms with Gasteiger partial charge >= 0.3 is 6.18 Å². The number of fused-ring (bicyclic) bond motifs is 1. The molecule has 0 bridgehead atoms. The van der Waals surface area contributed by atoms with Gasteiger partial charge in [0.15, 0.2) is 0 Å². The number of anilines is 2. The van der Waals surface area contributed by atoms with Crippen molar-refractivity contribution in [2.24, 2.45) is 0 Å². The summed E-state index contributed by atoms with van der Waals surface area (Å²) in [6, 6.07) is 15.1. The van der Waals surface area contributed by atoms with Gasteiger partial charge in [-0.05, 0) is 72.1 Å². The lowest BCUT2D eigenvalue weighted by atomic mass is 10.2. The van der Waals surface area contributed by atoms with Gasteiger partial charge in [-0.2, -0.15) is 13.2 Å². The van der Waals surface area contributed by atoms with Crippen LogP contribution in [0.1, 0.15) is 15.2 Å². The fourth-order valence-corrected chi connectivity index (χ4v) is 5.33. The zero-order valence-electron chi connectivity index (χ0n) is 17.4. The highest BCUT2D eigenvalue weighted by molar-refractivity contribution is 7.92. The maximum absolute atomic E-state index is 13.2. The first kappa shape index (κ1) is 23.7. The van der Waals surface area contributed by atoms with Crippen LogP contribution in [0, 0.1) is 5.82 Å². The topological polar surface area (TPSA) is 66.5 Å². The summed E-state index contributed by atoms with van der Waals surface area (Å²) in [5, 5.41) is 3.04. The Morgan fingerprint density at radius 3 is 2.35 bits per heavy atom. The molecule has 3 aromatic carbocycles. The quantitative estimate of drug-likeness (QED) is 0.330. The van der Waals surface area contributed by atoms with Crippen LogP contribution < -0.4 is 9.62 Å². The van der Waals surface area contributed by atoms with Gasteiger partial charge in [-0.1, -0.05) is 6.07 Å². The summed E-state index contributed by atoms with van der Waals surface area (Å²) < 4.78 is 79.3. The molecule has 1 N–H and O–H groups in total. The predicted molar refractivity (Wildman–Crippen MR) is 123 cm³/mol. The molecule has 11 heteroatoms. The van der Waals surface area contributed by atoms with Gasteiger partial charge in [0.1, 0.15) is 5.82 Å². The molecule has 4 rings (SSSR count). The van der Waals surface area contributed by atoms with E-state index in [0.717, 1.165) is 39.9 Å². The van der Waals surface area contributed by atoms with E-state index in [4.69, 9.17) is 0 Å². The average Bonchev–Trinajstić information content (AvgIpc) is 3.22. The molecule has 1 aromatic heterocycles. The van der Waals surface area contributed by atoms with E-state index in [1.807, 2.05) is 0 Å². The fraction of sp³-hybridized carbons (Fsp3) is 0.0870. The van der Waals surface area contributed by atoms with E-state index in [9.17, 15) is 30.8 Å². The molecule has 34 heavy (non-hydrogen) atoms. The largest absolute Gasteiger partial charge is 0.416 e. The van der Waals surface area contributed by atoms with Crippen molar-refractivity contribution in [2.45, 2.75) is 11.1 Å². The Morgan fingerprint density at radius 2 is 1.68 bits per heavy atom. The molecule has 5 nitrogen and oxygen atoms in total. The molecule has 0 radical (unpaired) electrons. The number of hydrogen-bond acceptors (Lipinski definition) is 4. The van der Waals surface area contributed by atoms with Crippen LogP contribution in [0.15, 0.2) is 77.7 Å². The average molecular weight is 509 g/mol. The SMILES string of the molecule is CN(c1ccc2sc(C(=O)Nc3cccc(C(F)(F)F)c3)cc2c1)S(=O)(=O)c1ccc(F)cc1. The molecule has 0 saturated heterocycles. The Morgan fingerprint density at radius 1 is 0.971 bits per heavy atom. The summed E-state index contributed by atoms with van der Waals surface area (Å²) in [6.45, 7) is 0. The second-order valence-corrected chi connectivity index (χ2v) is 10.3. The first-order valence-electron chi connectivity index (χ1n) is 9.72. The molecule has 0 aliphatic rings. The summed E-state index contributed by atoms with van der Waals surface area (Å²) in [4.78, 5) is 12.8. The maximum Gasteiger partial charge on any atom is 0.416 e. The van der Waals surface area contributed by atoms with Crippen molar-refractivity contribution < 1.29 is 30.8 Å². The van der Waals surface area contributed by atoms with Crippen molar-refractivity contribution in [3.05, 3.63) is 89.1 Å². The number of nitrogens with zero attached hydrogens (tertiary/aromatic N) is 1. The third-order valence-electron chi connectivity index (χ3n) is 5.01. The highest BCUT2D eigenvalue weighted by Gasteiger charge is 2.30. The van der Waals surface area contributed by atoms with Crippen LogP contribution in [0.4, 0.5) is 28.9 Å². The Hall–Kier alpha value is -3.44. The minimum absolute atomic E-state index is 0.00287. The van der Waals surface area contributed by atoms with Crippen molar-refractivity contribution in [3.63, 3.8) is 0 Å². The van der Waals surface area contributed by atoms with Gasteiger partial charge in [-0.15, -0.1) is 11.3 Å². The van der Waals surface area contributed by atoms with Crippen LogP contribution in [0.3, 0.4) is 0 Å². The summed E-state index contributed by atoms with van der Waals surface area (Å²) in [5.41, 5.74) is -0.556. The molecule has 0 atom stereocenters. The number of thiophene rings is 1. The molecule has 1 heterocycles. The number of sulfonamides is 1. The Kier molecular flexibility index (Phi) is 6.09. The first-order valence-corrected chi connectivity index (χ1v) is 12.0. The van der Waals surface area contributed by atoms with Gasteiger partial charge in [0.25, 0.3) is 15.9 Å². The highest BCUT2D eigenvalue weighted by Crippen LogP contribution is 2.33. The van der Waals surface area contributed by atoms with Gasteiger partial charge < -0.3 is 5.32 Å². The molecular weight excluding hydrogens is 492 g/mol. The predicted octanol–water partition coefficient (Wildman–Crippen LogP) is 6.14. The van der Waals surface area contributed by atoms with E-state index in [0.29, 0.717) is 15.8 Å². The van der Waals surface area contributed by atoms with Crippen molar-refractivity contribution in [1.29, 1.82) is 0 Å². The highest BCUT2D eigenvalue weighted by atomic mass is 32.2. The monoisotopic (exact) mass is 508 g/mol. The summed E-state index contributed by atoms with van der Waals surface area (Å²) in [6.07, 6.45) is -4.53. The zero-order valence-corrected chi connectivity index (χ0v) is 19.1. The van der Waals surface area contributed by atoms with E-state index in [2.05, 4.69) is 5.32 Å².